The zero-order valence-electron chi connectivity index (χ0n) is 10.3. The third kappa shape index (κ3) is 2.28. The lowest BCUT2D eigenvalue weighted by Gasteiger charge is -2.35. The molecule has 1 aromatic rings. The highest BCUT2D eigenvalue weighted by Gasteiger charge is 2.38. The van der Waals surface area contributed by atoms with Gasteiger partial charge in [0.25, 0.3) is 0 Å². The zero-order chi connectivity index (χ0) is 12.3. The molecule has 0 aromatic carbocycles. The van der Waals surface area contributed by atoms with Gasteiger partial charge in [-0.25, -0.2) is 4.79 Å². The Hall–Kier alpha value is -1.13. The zero-order valence-corrected chi connectivity index (χ0v) is 10.3. The van der Waals surface area contributed by atoms with Crippen LogP contribution in [0.25, 0.3) is 0 Å². The summed E-state index contributed by atoms with van der Waals surface area (Å²) in [5.41, 5.74) is 0. The Morgan fingerprint density at radius 1 is 1.41 bits per heavy atom. The lowest BCUT2D eigenvalue weighted by atomic mass is 9.93. The second-order valence-electron chi connectivity index (χ2n) is 4.94. The number of rotatable bonds is 4. The lowest BCUT2D eigenvalue weighted by molar-refractivity contribution is -0.119. The molecular weight excluding hydrogens is 218 g/mol. The molecule has 1 fully saturated rings. The van der Waals surface area contributed by atoms with Gasteiger partial charge in [0.1, 0.15) is 18.4 Å². The first kappa shape index (κ1) is 12.3. The highest BCUT2D eigenvalue weighted by Crippen LogP contribution is 2.32. The Balaban J connectivity index is 2.25. The molecule has 0 bridgehead atoms. The molecule has 2 rings (SSSR count). The van der Waals surface area contributed by atoms with E-state index in [4.69, 9.17) is 9.52 Å². The average Bonchev–Trinajstić information content (AvgIpc) is 2.88. The maximum atomic E-state index is 11.5. The molecule has 0 saturated heterocycles. The van der Waals surface area contributed by atoms with E-state index in [0.717, 1.165) is 19.3 Å². The Morgan fingerprint density at radius 3 is 2.65 bits per heavy atom. The van der Waals surface area contributed by atoms with Crippen LogP contribution in [0.15, 0.2) is 16.5 Å². The highest BCUT2D eigenvalue weighted by atomic mass is 16.4. The van der Waals surface area contributed by atoms with E-state index in [9.17, 15) is 4.79 Å². The van der Waals surface area contributed by atoms with Gasteiger partial charge in [-0.2, -0.15) is 4.48 Å². The number of carbonyl (C=O) groups excluding carboxylic acids is 1. The number of amides is 1. The second kappa shape index (κ2) is 5.02. The van der Waals surface area contributed by atoms with Crippen LogP contribution in [-0.2, 0) is 11.4 Å². The largest absolute Gasteiger partial charge is 0.414 e. The van der Waals surface area contributed by atoms with Crippen LogP contribution in [0.5, 0.6) is 0 Å². The number of hydrogen-bond acceptors (Lipinski definition) is 3. The number of quaternary nitrogens is 1. The quantitative estimate of drug-likeness (QED) is 0.646. The van der Waals surface area contributed by atoms with Crippen molar-refractivity contribution < 1.29 is 14.3 Å². The van der Waals surface area contributed by atoms with Gasteiger partial charge in [0.05, 0.1) is 7.05 Å². The van der Waals surface area contributed by atoms with E-state index < -0.39 is 0 Å². The van der Waals surface area contributed by atoms with Gasteiger partial charge in [0, 0.05) is 18.9 Å². The SMILES string of the molecule is C[N+](C=O)(c1ccc(CO)o1)C1CCCCC1. The summed E-state index contributed by atoms with van der Waals surface area (Å²) < 4.78 is 5.73. The second-order valence-corrected chi connectivity index (χ2v) is 4.94. The first-order valence-corrected chi connectivity index (χ1v) is 6.23. The van der Waals surface area contributed by atoms with Crippen molar-refractivity contribution >= 4 is 12.3 Å². The van der Waals surface area contributed by atoms with Gasteiger partial charge in [-0.1, -0.05) is 6.42 Å². The predicted octanol–water partition coefficient (Wildman–Crippen LogP) is 2.20. The van der Waals surface area contributed by atoms with E-state index in [1.54, 1.807) is 12.1 Å². The summed E-state index contributed by atoms with van der Waals surface area (Å²) in [4.78, 5) is 11.5. The lowest BCUT2D eigenvalue weighted by Crippen LogP contribution is -2.53. The van der Waals surface area contributed by atoms with Crippen LogP contribution in [0.4, 0.5) is 5.88 Å². The number of aliphatic hydroxyl groups is 1. The Morgan fingerprint density at radius 2 is 2.12 bits per heavy atom. The molecular formula is C13H20NO3+. The van der Waals surface area contributed by atoms with E-state index in [2.05, 4.69) is 0 Å². The van der Waals surface area contributed by atoms with E-state index in [1.165, 1.54) is 19.3 Å². The fourth-order valence-corrected chi connectivity index (χ4v) is 2.65. The van der Waals surface area contributed by atoms with Crippen molar-refractivity contribution in [2.75, 3.05) is 7.05 Å². The molecule has 0 spiro atoms. The van der Waals surface area contributed by atoms with Crippen LogP contribution in [0, 0.1) is 0 Å². The normalized spacial score (nSPS) is 21.1. The fourth-order valence-electron chi connectivity index (χ4n) is 2.65. The highest BCUT2D eigenvalue weighted by molar-refractivity contribution is 5.66. The molecule has 17 heavy (non-hydrogen) atoms. The minimum Gasteiger partial charge on any atom is -0.414 e. The topological polar surface area (TPSA) is 50.4 Å². The van der Waals surface area contributed by atoms with Gasteiger partial charge < -0.3 is 9.52 Å². The van der Waals surface area contributed by atoms with Gasteiger partial charge in [-0.3, -0.25) is 0 Å². The molecule has 1 aliphatic rings. The van der Waals surface area contributed by atoms with Gasteiger partial charge >= 0.3 is 12.3 Å². The number of nitrogens with zero attached hydrogens (tertiary/aromatic N) is 1. The smallest absolute Gasteiger partial charge is 0.309 e. The van der Waals surface area contributed by atoms with Crippen LogP contribution >= 0.6 is 0 Å². The molecule has 94 valence electrons. The van der Waals surface area contributed by atoms with Gasteiger partial charge in [-0.05, 0) is 18.9 Å². The van der Waals surface area contributed by atoms with Crippen LogP contribution < -0.4 is 4.48 Å². The summed E-state index contributed by atoms with van der Waals surface area (Å²) in [5.74, 6) is 1.15. The molecule has 4 nitrogen and oxygen atoms in total. The number of carbonyl (C=O) groups is 1. The van der Waals surface area contributed by atoms with E-state index in [-0.39, 0.29) is 11.1 Å². The molecule has 1 unspecified atom stereocenters. The maximum absolute atomic E-state index is 11.5. The minimum atomic E-state index is -0.122. The van der Waals surface area contributed by atoms with E-state index in [0.29, 0.717) is 17.7 Å². The van der Waals surface area contributed by atoms with Crippen LogP contribution in [0.2, 0.25) is 0 Å². The molecule has 1 heterocycles. The van der Waals surface area contributed by atoms with Crippen molar-refractivity contribution in [1.82, 2.24) is 4.48 Å². The van der Waals surface area contributed by atoms with Gasteiger partial charge in [0.15, 0.2) is 0 Å². The first-order valence-electron chi connectivity index (χ1n) is 6.23. The predicted molar refractivity (Wildman–Crippen MR) is 65.3 cm³/mol. The third-order valence-electron chi connectivity index (χ3n) is 3.83. The Bertz CT molecular complexity index is 382. The van der Waals surface area contributed by atoms with E-state index in [1.807, 2.05) is 7.05 Å². The van der Waals surface area contributed by atoms with Crippen molar-refractivity contribution in [2.45, 2.75) is 44.8 Å². The maximum Gasteiger partial charge on any atom is 0.309 e. The van der Waals surface area contributed by atoms with Crippen LogP contribution in [0.1, 0.15) is 37.9 Å². The summed E-state index contributed by atoms with van der Waals surface area (Å²) in [6.45, 7) is -0.122. The summed E-state index contributed by atoms with van der Waals surface area (Å²) in [6, 6.07) is 3.84. The van der Waals surface area contributed by atoms with Crippen molar-refractivity contribution in [3.63, 3.8) is 0 Å². The minimum absolute atomic E-state index is 0.122. The third-order valence-corrected chi connectivity index (χ3v) is 3.83. The monoisotopic (exact) mass is 238 g/mol. The molecule has 1 aliphatic carbocycles. The molecule has 1 amide bonds. The van der Waals surface area contributed by atoms with Crippen LogP contribution in [-0.4, -0.2) is 24.6 Å². The summed E-state index contributed by atoms with van der Waals surface area (Å²) in [6.07, 6.45) is 6.69. The van der Waals surface area contributed by atoms with E-state index >= 15 is 0 Å². The van der Waals surface area contributed by atoms with Crippen molar-refractivity contribution in [2.24, 2.45) is 0 Å². The number of furan rings is 1. The van der Waals surface area contributed by atoms with Crippen molar-refractivity contribution in [3.05, 3.63) is 17.9 Å². The molecule has 0 radical (unpaired) electrons. The fraction of sp³-hybridized carbons (Fsp3) is 0.615. The Labute approximate surface area is 101 Å². The molecule has 0 aliphatic heterocycles. The average molecular weight is 238 g/mol. The number of hydrogen-bond donors (Lipinski definition) is 1. The van der Waals surface area contributed by atoms with Gasteiger partial charge in [0.2, 0.25) is 0 Å². The first-order chi connectivity index (χ1) is 8.20. The summed E-state index contributed by atoms with van der Waals surface area (Å²) in [7, 11) is 1.89. The molecule has 4 heteroatoms. The molecule has 1 saturated carbocycles. The standard InChI is InChI=1S/C13H20NO3/c1-14(10-16,11-5-3-2-4-6-11)13-8-7-12(9-15)17-13/h7-8,10-11,15H,2-6,9H2,1H3/q+1. The van der Waals surface area contributed by atoms with Crippen LogP contribution in [0.3, 0.4) is 0 Å². The van der Waals surface area contributed by atoms with Gasteiger partial charge in [-0.15, -0.1) is 0 Å². The molecule has 1 aromatic heterocycles. The number of aliphatic hydroxyl groups excluding tert-OH is 1. The molecule has 1 N–H and O–H groups in total. The van der Waals surface area contributed by atoms with Crippen molar-refractivity contribution in [1.29, 1.82) is 0 Å². The summed E-state index contributed by atoms with van der Waals surface area (Å²) >= 11 is 0. The summed E-state index contributed by atoms with van der Waals surface area (Å²) in [5, 5.41) is 9.01. The molecule has 1 atom stereocenters. The van der Waals surface area contributed by atoms with Crippen molar-refractivity contribution in [3.8, 4) is 0 Å². The Kier molecular flexibility index (Phi) is 3.64.